The van der Waals surface area contributed by atoms with Crippen LogP contribution in [0.25, 0.3) is 0 Å². The van der Waals surface area contributed by atoms with Gasteiger partial charge >= 0.3 is 65.1 Å². The van der Waals surface area contributed by atoms with Crippen LogP contribution in [0.4, 0.5) is 0 Å². The monoisotopic (exact) mass is 1330 g/mol. The molecule has 0 radical (unpaired) electrons. The summed E-state index contributed by atoms with van der Waals surface area (Å²) >= 11 is 0. The van der Waals surface area contributed by atoms with Crippen molar-refractivity contribution < 1.29 is 82.7 Å². The van der Waals surface area contributed by atoms with E-state index in [1.165, 1.54) is 16.7 Å². The number of ether oxygens (including phenoxy) is 5. The van der Waals surface area contributed by atoms with Gasteiger partial charge in [0.25, 0.3) is 0 Å². The number of β-amino-alcohol motifs (C(OH)–C–C–N with tert-alkyl or cyclic N) is 1. The van der Waals surface area contributed by atoms with Gasteiger partial charge in [-0.15, -0.1) is 0 Å². The molecule has 0 bridgehead atoms. The summed E-state index contributed by atoms with van der Waals surface area (Å²) in [5.74, 6) is -3.44. The van der Waals surface area contributed by atoms with Crippen LogP contribution < -0.4 is 16.4 Å². The summed E-state index contributed by atoms with van der Waals surface area (Å²) in [5, 5.41) is 63.9. The third-order valence-electron chi connectivity index (χ3n) is 16.5. The Kier molecular flexibility index (Phi) is 40.3. The molecule has 3 aromatic carbocycles. The van der Waals surface area contributed by atoms with Crippen LogP contribution in [0.5, 0.6) is 0 Å². The maximum Gasteiger partial charge on any atom is 0.376 e. The maximum atomic E-state index is 12.2. The molecule has 0 aliphatic carbocycles. The molecule has 0 amide bonds. The van der Waals surface area contributed by atoms with Gasteiger partial charge in [0.05, 0.1) is 63.4 Å². The van der Waals surface area contributed by atoms with Gasteiger partial charge in [0.1, 0.15) is 5.92 Å². The minimum Gasteiger partial charge on any atom is -0.466 e. The van der Waals surface area contributed by atoms with E-state index in [0.717, 1.165) is 0 Å². The standard InChI is InChI=1S/2C16H25BN2O3.C8H16BNO4.C8H14BNO4.C8H14BNO3.C8H11N.CH4/c2*1-4-22-16(20)14-10-19(17(3)21)11-15(14)18-12(2)13-8-6-5-7-9-13;2*1-3-14-8(12)6-4-10(9(2)13)5-7(6)11;1-3-13-8(11)7-4-5-10(6-7)9(2)12;1-7(9)8-5-3-2-4-6-8;/h2*5-9,12,14-15,18,21H,4,10-11H2,1-3H3;6-7,11,13H,3-5H2,1-2H3;6,13H,3-5H2,1-2H3;4,12H,3,5-6H2,1-2H3;2-7H,9H2,1H3;1H4/t12-,14+,15+;12-,14-,15-;;;;7-;/m00...1./s1. The van der Waals surface area contributed by atoms with E-state index >= 15 is 0 Å². The number of ketones is 1. The van der Waals surface area contributed by atoms with Crippen molar-refractivity contribution in [2.45, 2.75) is 133 Å². The van der Waals surface area contributed by atoms with Crippen molar-refractivity contribution >= 4 is 70.9 Å². The van der Waals surface area contributed by atoms with Gasteiger partial charge in [-0.05, 0) is 106 Å². The summed E-state index contributed by atoms with van der Waals surface area (Å²) in [7, 11) is -2.96. The predicted molar refractivity (Wildman–Crippen MR) is 373 cm³/mol. The number of carbonyl (C=O) groups excluding carboxylic acids is 6. The van der Waals surface area contributed by atoms with E-state index in [2.05, 4.69) is 48.7 Å². The largest absolute Gasteiger partial charge is 0.466 e. The molecule has 5 aliphatic heterocycles. The number of benzene rings is 3. The molecule has 30 heteroatoms. The molecule has 25 nitrogen and oxygen atoms in total. The number of carbonyl (C=O) groups is 6. The number of hydrogen-bond donors (Lipinski definition) is 9. The molecular formula is C65H109B5N8O17. The van der Waals surface area contributed by atoms with Crippen LogP contribution in [0.15, 0.2) is 103 Å². The molecule has 95 heavy (non-hydrogen) atoms. The van der Waals surface area contributed by atoms with Crippen LogP contribution >= 0.6 is 0 Å². The SMILES string of the molecule is C.CCOC(=O)C1=CCN(B(C)O)C1.CCOC(=O)C1CN(B(C)O)CC1=O.CCOC(=O)C1CN(B(C)O)CC1O.CCOC(=O)[C@@H]1CN(B(C)O)C[C@H]1N[C@@H](C)c1ccccc1.CCOC(=O)[C@H]1CN(B(C)O)C[C@@H]1N[C@@H](C)c1ccccc1.C[C@@H](N)c1ccccc1. The Morgan fingerprint density at radius 1 is 0.484 bits per heavy atom. The fraction of sp³-hybridized carbons (Fsp3) is 0.600. The molecule has 0 saturated carbocycles. The van der Waals surface area contributed by atoms with Crippen molar-refractivity contribution in [3.8, 4) is 0 Å². The summed E-state index contributed by atoms with van der Waals surface area (Å²) < 4.78 is 24.8. The number of nitrogens with one attached hydrogen (secondary N) is 2. The number of rotatable bonds is 22. The number of aliphatic hydroxyl groups is 1. The van der Waals surface area contributed by atoms with Crippen LogP contribution in [0, 0.1) is 23.7 Å². The molecule has 5 heterocycles. The third-order valence-corrected chi connectivity index (χ3v) is 16.5. The summed E-state index contributed by atoms with van der Waals surface area (Å²) in [4.78, 5) is 78.3. The first-order valence-electron chi connectivity index (χ1n) is 32.9. The van der Waals surface area contributed by atoms with Crippen molar-refractivity contribution in [1.29, 1.82) is 0 Å². The average molecular weight is 1330 g/mol. The third kappa shape index (κ3) is 29.0. The summed E-state index contributed by atoms with van der Waals surface area (Å²) in [6.07, 6.45) is 1.06. The van der Waals surface area contributed by atoms with E-state index in [-0.39, 0.29) is 98.8 Å². The first-order chi connectivity index (χ1) is 44.6. The Bertz CT molecular complexity index is 2650. The normalized spacial score (nSPS) is 21.7. The summed E-state index contributed by atoms with van der Waals surface area (Å²) in [6, 6.07) is 30.7. The van der Waals surface area contributed by atoms with Gasteiger partial charge < -0.3 is 94.3 Å². The summed E-state index contributed by atoms with van der Waals surface area (Å²) in [6.45, 7) is 29.5. The second kappa shape index (κ2) is 44.9. The Hall–Kier alpha value is -5.82. The van der Waals surface area contributed by atoms with E-state index in [9.17, 15) is 59.0 Å². The fourth-order valence-corrected chi connectivity index (χ4v) is 10.9. The molecule has 4 saturated heterocycles. The van der Waals surface area contributed by atoms with Gasteiger partial charge in [-0.3, -0.25) is 24.0 Å². The molecule has 10 N–H and O–H groups in total. The lowest BCUT2D eigenvalue weighted by Gasteiger charge is -2.23. The Labute approximate surface area is 566 Å². The number of aliphatic hydroxyl groups excluding tert-OH is 1. The lowest BCUT2D eigenvalue weighted by atomic mass is 9.85. The number of Topliss-reactive ketones (excluding diaryl/α,β-unsaturated/α-hetero) is 1. The quantitative estimate of drug-likeness (QED) is 0.0302. The fourth-order valence-electron chi connectivity index (χ4n) is 10.9. The molecule has 4 fully saturated rings. The van der Waals surface area contributed by atoms with Gasteiger partial charge in [0.15, 0.2) is 5.78 Å². The lowest BCUT2D eigenvalue weighted by Crippen LogP contribution is -2.42. The summed E-state index contributed by atoms with van der Waals surface area (Å²) in [5.41, 5.74) is 9.81. The zero-order chi connectivity index (χ0) is 70.2. The van der Waals surface area contributed by atoms with Crippen molar-refractivity contribution in [3.05, 3.63) is 119 Å². The van der Waals surface area contributed by atoms with Crippen LogP contribution in [0.3, 0.4) is 0 Å². The Morgan fingerprint density at radius 3 is 1.16 bits per heavy atom. The number of esters is 5. The zero-order valence-corrected chi connectivity index (χ0v) is 57.5. The molecule has 5 aliphatic rings. The Morgan fingerprint density at radius 2 is 0.832 bits per heavy atom. The second-order valence-corrected chi connectivity index (χ2v) is 23.8. The van der Waals surface area contributed by atoms with Crippen LogP contribution in [0.2, 0.25) is 34.1 Å². The predicted octanol–water partition coefficient (Wildman–Crippen LogP) is 2.98. The van der Waals surface area contributed by atoms with Crippen LogP contribution in [-0.4, -0.2) is 242 Å². The van der Waals surface area contributed by atoms with Crippen LogP contribution in [0.1, 0.15) is 97.6 Å². The van der Waals surface area contributed by atoms with Gasteiger partial charge in [-0.25, -0.2) is 4.79 Å². The molecule has 0 aromatic heterocycles. The minimum atomic E-state index is -0.733. The smallest absolute Gasteiger partial charge is 0.376 e. The van der Waals surface area contributed by atoms with Crippen molar-refractivity contribution in [2.75, 3.05) is 98.5 Å². The number of hydrogen-bond acceptors (Lipinski definition) is 25. The molecule has 3 unspecified atom stereocenters. The van der Waals surface area contributed by atoms with Crippen molar-refractivity contribution in [3.63, 3.8) is 0 Å². The first-order valence-corrected chi connectivity index (χ1v) is 32.9. The molecule has 0 spiro atoms. The second-order valence-electron chi connectivity index (χ2n) is 23.8. The van der Waals surface area contributed by atoms with E-state index in [4.69, 9.17) is 29.4 Å². The maximum absolute atomic E-state index is 12.2. The number of nitrogens with two attached hydrogens (primary N) is 1. The molecular weight excluding hydrogens is 1220 g/mol. The highest BCUT2D eigenvalue weighted by Gasteiger charge is 2.44. The highest BCUT2D eigenvalue weighted by Crippen LogP contribution is 2.26. The van der Waals surface area contributed by atoms with E-state index in [1.807, 2.05) is 97.1 Å². The van der Waals surface area contributed by atoms with Crippen molar-refractivity contribution in [1.82, 2.24) is 34.7 Å². The molecule has 526 valence electrons. The zero-order valence-electron chi connectivity index (χ0n) is 57.5. The average Bonchev–Trinajstić information content (AvgIpc) is 1.72. The van der Waals surface area contributed by atoms with Gasteiger partial charge in [-0.1, -0.05) is 104 Å². The lowest BCUT2D eigenvalue weighted by molar-refractivity contribution is -0.151. The van der Waals surface area contributed by atoms with E-state index < -0.39 is 59.2 Å². The minimum absolute atomic E-state index is 0. The highest BCUT2D eigenvalue weighted by molar-refractivity contribution is 6.47. The van der Waals surface area contributed by atoms with E-state index in [0.29, 0.717) is 84.4 Å². The molecule has 3 aromatic rings. The van der Waals surface area contributed by atoms with Crippen molar-refractivity contribution in [2.24, 2.45) is 29.4 Å². The molecule has 10 atom stereocenters. The van der Waals surface area contributed by atoms with Gasteiger partial charge in [0, 0.05) is 94.7 Å². The number of nitrogens with zero attached hydrogens (tertiary/aromatic N) is 5. The van der Waals surface area contributed by atoms with Gasteiger partial charge in [0.2, 0.25) is 0 Å². The highest BCUT2D eigenvalue weighted by atomic mass is 16.5. The Balaban J connectivity index is 0.000000396. The van der Waals surface area contributed by atoms with Crippen LogP contribution in [-0.2, 0) is 52.5 Å². The first kappa shape index (κ1) is 85.3. The van der Waals surface area contributed by atoms with Gasteiger partial charge in [-0.2, -0.15) is 0 Å². The topological polar surface area (TPSA) is 336 Å². The molecule has 8 rings (SSSR count). The van der Waals surface area contributed by atoms with E-state index in [1.54, 1.807) is 75.4 Å².